The number of likely N-dealkylation sites (N-methyl/N-ethyl adjacent to an activating group) is 1. The Kier molecular flexibility index (Phi) is 7.08. The van der Waals surface area contributed by atoms with E-state index in [1.165, 1.54) is 0 Å². The van der Waals surface area contributed by atoms with Gasteiger partial charge in [0.15, 0.2) is 0 Å². The van der Waals surface area contributed by atoms with E-state index in [0.717, 1.165) is 42.7 Å². The lowest BCUT2D eigenvalue weighted by Gasteiger charge is -2.32. The second-order valence-corrected chi connectivity index (χ2v) is 8.62. The molecule has 1 aliphatic rings. The summed E-state index contributed by atoms with van der Waals surface area (Å²) in [5, 5.41) is 0. The van der Waals surface area contributed by atoms with Crippen molar-refractivity contribution < 1.29 is 13.2 Å². The second-order valence-electron chi connectivity index (χ2n) is 5.69. The Balaban J connectivity index is 1.81. The van der Waals surface area contributed by atoms with Gasteiger partial charge >= 0.3 is 0 Å². The number of halogens is 1. The molecule has 1 aromatic rings. The van der Waals surface area contributed by atoms with Gasteiger partial charge in [-0.05, 0) is 60.8 Å². The minimum Gasteiger partial charge on any atom is -0.496 e. The first-order chi connectivity index (χ1) is 10.9. The van der Waals surface area contributed by atoms with Gasteiger partial charge in [-0.1, -0.05) is 0 Å². The fraction of sp³-hybridized carbons (Fsp3) is 0.600. The van der Waals surface area contributed by atoms with Gasteiger partial charge in [0, 0.05) is 32.7 Å². The fourth-order valence-corrected chi connectivity index (χ4v) is 4.52. The van der Waals surface area contributed by atoms with E-state index in [0.29, 0.717) is 12.3 Å². The molecule has 1 saturated heterocycles. The third-order valence-electron chi connectivity index (χ3n) is 3.97. The van der Waals surface area contributed by atoms with Gasteiger partial charge in [-0.25, -0.2) is 13.1 Å². The predicted octanol–water partition coefficient (Wildman–Crippen LogP) is 1.22. The van der Waals surface area contributed by atoms with Crippen molar-refractivity contribution in [3.05, 3.63) is 21.8 Å². The van der Waals surface area contributed by atoms with Crippen LogP contribution in [0.4, 0.5) is 0 Å². The molecule has 0 atom stereocenters. The second kappa shape index (κ2) is 8.61. The van der Waals surface area contributed by atoms with E-state index >= 15 is 0 Å². The van der Waals surface area contributed by atoms with Gasteiger partial charge in [-0.2, -0.15) is 0 Å². The van der Waals surface area contributed by atoms with Crippen molar-refractivity contribution in [3.63, 3.8) is 0 Å². The highest BCUT2D eigenvalue weighted by molar-refractivity contribution is 14.1. The van der Waals surface area contributed by atoms with Crippen LogP contribution in [-0.2, 0) is 10.0 Å². The predicted molar refractivity (Wildman–Crippen MR) is 99.5 cm³/mol. The Labute approximate surface area is 152 Å². The largest absolute Gasteiger partial charge is 0.496 e. The molecule has 0 aliphatic carbocycles. The lowest BCUT2D eigenvalue weighted by molar-refractivity contribution is 0.153. The van der Waals surface area contributed by atoms with E-state index in [1.54, 1.807) is 25.3 Å². The highest BCUT2D eigenvalue weighted by Gasteiger charge is 2.16. The van der Waals surface area contributed by atoms with E-state index in [1.807, 2.05) is 0 Å². The summed E-state index contributed by atoms with van der Waals surface area (Å²) in [4.78, 5) is 4.97. The Bertz CT molecular complexity index is 616. The summed E-state index contributed by atoms with van der Waals surface area (Å²) in [6.45, 7) is 5.65. The van der Waals surface area contributed by atoms with E-state index in [4.69, 9.17) is 4.74 Å². The number of nitrogens with one attached hydrogen (secondary N) is 1. The number of methoxy groups -OCH3 is 1. The van der Waals surface area contributed by atoms with Crippen LogP contribution in [0.1, 0.15) is 6.42 Å². The average molecular weight is 453 g/mol. The lowest BCUT2D eigenvalue weighted by atomic mass is 10.3. The van der Waals surface area contributed by atoms with Gasteiger partial charge in [-0.15, -0.1) is 0 Å². The number of hydrogen-bond donors (Lipinski definition) is 1. The van der Waals surface area contributed by atoms with Crippen LogP contribution < -0.4 is 9.46 Å². The summed E-state index contributed by atoms with van der Waals surface area (Å²) in [5.41, 5.74) is 0. The first kappa shape index (κ1) is 18.9. The first-order valence-corrected chi connectivity index (χ1v) is 10.2. The van der Waals surface area contributed by atoms with E-state index in [9.17, 15) is 8.42 Å². The molecular weight excluding hydrogens is 429 g/mol. The summed E-state index contributed by atoms with van der Waals surface area (Å²) in [6.07, 6.45) is 0.816. The van der Waals surface area contributed by atoms with Crippen LogP contribution in [0, 0.1) is 3.57 Å². The molecule has 1 aliphatic heterocycles. The van der Waals surface area contributed by atoms with Crippen molar-refractivity contribution >= 4 is 32.6 Å². The van der Waals surface area contributed by atoms with E-state index < -0.39 is 10.0 Å². The van der Waals surface area contributed by atoms with Crippen molar-refractivity contribution in [2.45, 2.75) is 11.3 Å². The fourth-order valence-electron chi connectivity index (χ4n) is 2.48. The Hall–Kier alpha value is -0.420. The summed E-state index contributed by atoms with van der Waals surface area (Å²) in [6, 6.07) is 4.88. The SMILES string of the molecule is COc1ccc(S(=O)(=O)NCCCN2CCN(C)CC2)cc1I. The quantitative estimate of drug-likeness (QED) is 0.497. The highest BCUT2D eigenvalue weighted by atomic mass is 127. The van der Waals surface area contributed by atoms with Crippen molar-refractivity contribution in [2.24, 2.45) is 0 Å². The number of ether oxygens (including phenoxy) is 1. The molecule has 1 fully saturated rings. The van der Waals surface area contributed by atoms with Crippen LogP contribution in [0.15, 0.2) is 23.1 Å². The van der Waals surface area contributed by atoms with Crippen LogP contribution in [0.5, 0.6) is 5.75 Å². The zero-order valence-corrected chi connectivity index (χ0v) is 16.6. The molecule has 6 nitrogen and oxygen atoms in total. The van der Waals surface area contributed by atoms with Gasteiger partial charge < -0.3 is 14.5 Å². The van der Waals surface area contributed by atoms with Crippen LogP contribution >= 0.6 is 22.6 Å². The van der Waals surface area contributed by atoms with Gasteiger partial charge in [-0.3, -0.25) is 0 Å². The third kappa shape index (κ3) is 5.56. The topological polar surface area (TPSA) is 61.9 Å². The van der Waals surface area contributed by atoms with Gasteiger partial charge in [0.2, 0.25) is 10.0 Å². The molecule has 130 valence electrons. The molecule has 0 bridgehead atoms. The molecule has 23 heavy (non-hydrogen) atoms. The molecule has 0 radical (unpaired) electrons. The monoisotopic (exact) mass is 453 g/mol. The molecule has 1 aromatic carbocycles. The number of rotatable bonds is 7. The maximum atomic E-state index is 12.3. The van der Waals surface area contributed by atoms with Crippen molar-refractivity contribution in [2.75, 3.05) is 53.4 Å². The van der Waals surface area contributed by atoms with Crippen LogP contribution in [-0.4, -0.2) is 71.6 Å². The summed E-state index contributed by atoms with van der Waals surface area (Å²) in [5.74, 6) is 0.680. The molecule has 0 spiro atoms. The van der Waals surface area contributed by atoms with Gasteiger partial charge in [0.1, 0.15) is 5.75 Å². The number of benzene rings is 1. The number of sulfonamides is 1. The maximum Gasteiger partial charge on any atom is 0.240 e. The maximum absolute atomic E-state index is 12.3. The van der Waals surface area contributed by atoms with Gasteiger partial charge in [0.25, 0.3) is 0 Å². The standard InChI is InChI=1S/C15H24IN3O3S/c1-18-8-10-19(11-9-18)7-3-6-17-23(20,21)13-4-5-15(22-2)14(16)12-13/h4-5,12,17H,3,6-11H2,1-2H3. The van der Waals surface area contributed by atoms with Crippen molar-refractivity contribution in [1.29, 1.82) is 0 Å². The van der Waals surface area contributed by atoms with Crippen LogP contribution in [0.2, 0.25) is 0 Å². The van der Waals surface area contributed by atoms with Crippen molar-refractivity contribution in [3.8, 4) is 5.75 Å². The summed E-state index contributed by atoms with van der Waals surface area (Å²) >= 11 is 2.07. The molecule has 0 unspecified atom stereocenters. The molecule has 0 aromatic heterocycles. The Morgan fingerprint density at radius 2 is 1.96 bits per heavy atom. The average Bonchev–Trinajstić information content (AvgIpc) is 2.53. The van der Waals surface area contributed by atoms with E-state index in [2.05, 4.69) is 44.2 Å². The minimum absolute atomic E-state index is 0.280. The Morgan fingerprint density at radius 1 is 1.26 bits per heavy atom. The summed E-state index contributed by atoms with van der Waals surface area (Å²) in [7, 11) is 0.242. The summed E-state index contributed by atoms with van der Waals surface area (Å²) < 4.78 is 33.2. The zero-order chi connectivity index (χ0) is 16.9. The third-order valence-corrected chi connectivity index (χ3v) is 6.27. The van der Waals surface area contributed by atoms with Crippen LogP contribution in [0.25, 0.3) is 0 Å². The number of nitrogens with zero attached hydrogens (tertiary/aromatic N) is 2. The van der Waals surface area contributed by atoms with E-state index in [-0.39, 0.29) is 4.90 Å². The van der Waals surface area contributed by atoms with Gasteiger partial charge in [0.05, 0.1) is 15.6 Å². The molecule has 8 heteroatoms. The number of hydrogen-bond acceptors (Lipinski definition) is 5. The zero-order valence-electron chi connectivity index (χ0n) is 13.6. The molecular formula is C15H24IN3O3S. The molecule has 1 N–H and O–H groups in total. The Morgan fingerprint density at radius 3 is 2.57 bits per heavy atom. The highest BCUT2D eigenvalue weighted by Crippen LogP contribution is 2.23. The smallest absolute Gasteiger partial charge is 0.240 e. The number of piperazine rings is 1. The minimum atomic E-state index is -3.46. The van der Waals surface area contributed by atoms with Crippen LogP contribution in [0.3, 0.4) is 0 Å². The molecule has 1 heterocycles. The molecule has 2 rings (SSSR count). The van der Waals surface area contributed by atoms with Crippen molar-refractivity contribution in [1.82, 2.24) is 14.5 Å². The normalized spacial score (nSPS) is 17.3. The first-order valence-electron chi connectivity index (χ1n) is 7.66. The molecule has 0 saturated carbocycles. The molecule has 0 amide bonds. The lowest BCUT2D eigenvalue weighted by Crippen LogP contribution is -2.45.